The van der Waals surface area contributed by atoms with Crippen LogP contribution in [0.3, 0.4) is 0 Å². The first-order valence-electron chi connectivity index (χ1n) is 20.3. The molecule has 2 aromatic heterocycles. The van der Waals surface area contributed by atoms with E-state index in [2.05, 4.69) is 36.2 Å². The van der Waals surface area contributed by atoms with Crippen molar-refractivity contribution < 1.29 is 33.8 Å². The van der Waals surface area contributed by atoms with Gasteiger partial charge in [0.1, 0.15) is 17.7 Å². The molecule has 15 heteroatoms. The molecule has 3 aromatic rings. The van der Waals surface area contributed by atoms with Crippen LogP contribution in [0.4, 0.5) is 9.59 Å². The lowest BCUT2D eigenvalue weighted by atomic mass is 9.83. The number of aromatic amines is 1. The normalized spacial score (nSPS) is 17.4. The molecule has 0 radical (unpaired) electrons. The van der Waals surface area contributed by atoms with Crippen molar-refractivity contribution in [3.05, 3.63) is 78.5 Å². The number of imidazole rings is 1. The number of H-pyrrole nitrogens is 1. The third-order valence-electron chi connectivity index (χ3n) is 10.4. The van der Waals surface area contributed by atoms with Gasteiger partial charge >= 0.3 is 12.1 Å². The van der Waals surface area contributed by atoms with Crippen LogP contribution in [0.1, 0.15) is 89.8 Å². The maximum Gasteiger partial charge on any atom is 0.407 e. The van der Waals surface area contributed by atoms with Gasteiger partial charge in [0.05, 0.1) is 25.1 Å². The number of likely N-dealkylation sites (tertiary alicyclic amines) is 1. The summed E-state index contributed by atoms with van der Waals surface area (Å²) in [5.41, 5.74) is 0.844. The van der Waals surface area contributed by atoms with Crippen LogP contribution in [0.15, 0.2) is 67.3 Å². The van der Waals surface area contributed by atoms with Crippen LogP contribution in [0.2, 0.25) is 0 Å². The van der Waals surface area contributed by atoms with Crippen molar-refractivity contribution in [3.8, 4) is 5.88 Å². The van der Waals surface area contributed by atoms with Crippen molar-refractivity contribution in [2.45, 2.75) is 127 Å². The minimum absolute atomic E-state index is 0.108. The number of piperidine rings is 1. The van der Waals surface area contributed by atoms with Crippen LogP contribution in [0, 0.1) is 5.92 Å². The molecular formula is C42H60N8O7. The predicted molar refractivity (Wildman–Crippen MR) is 214 cm³/mol. The summed E-state index contributed by atoms with van der Waals surface area (Å²) >= 11 is 0. The number of hydrogen-bond acceptors (Lipinski definition) is 9. The first-order valence-corrected chi connectivity index (χ1v) is 20.3. The minimum Gasteiger partial charge on any atom is -0.478 e. The summed E-state index contributed by atoms with van der Waals surface area (Å²) < 4.78 is 11.2. The molecule has 15 nitrogen and oxygen atoms in total. The average molecular weight is 789 g/mol. The molecule has 3 heterocycles. The summed E-state index contributed by atoms with van der Waals surface area (Å²) in [7, 11) is 0. The third kappa shape index (κ3) is 14.7. The largest absolute Gasteiger partial charge is 0.478 e. The number of rotatable bonds is 17. The Kier molecular flexibility index (Phi) is 16.1. The molecule has 0 bridgehead atoms. The lowest BCUT2D eigenvalue weighted by Gasteiger charge is -2.34. The number of aromatic nitrogens is 3. The standard InChI is InChI=1S/C42H60N8O7/c1-42(2,3)57-41(55)46-31-17-21-50(22-18-31)40(54)49-34(25-30-14-8-5-9-15-30)38(52)48-35(26-32-27-43-28-45-32)39(53)47-33(24-29-12-6-4-7-13-29)36(51)19-23-56-37-16-10-11-20-44-37/h5,8-11,14-16,20,27-29,31,33-36,51H,4,6-7,12-13,17-19,21-26H2,1-3H3,(H,43,45)(H,46,55)(H,47,53)(H,48,52)(H,49,54)/t33-,34-,35-,36-/m0/s1. The number of aliphatic hydroxyl groups is 1. The highest BCUT2D eigenvalue weighted by atomic mass is 16.6. The van der Waals surface area contributed by atoms with Gasteiger partial charge in [-0.25, -0.2) is 19.6 Å². The van der Waals surface area contributed by atoms with Gasteiger partial charge in [-0.2, -0.15) is 0 Å². The van der Waals surface area contributed by atoms with Gasteiger partial charge in [0.25, 0.3) is 0 Å². The number of carbonyl (C=O) groups is 4. The molecule has 1 aliphatic heterocycles. The van der Waals surface area contributed by atoms with E-state index in [1.165, 1.54) is 12.7 Å². The molecule has 2 aliphatic rings. The van der Waals surface area contributed by atoms with E-state index in [-0.39, 0.29) is 31.9 Å². The van der Waals surface area contributed by atoms with E-state index in [0.29, 0.717) is 49.8 Å². The molecule has 6 N–H and O–H groups in total. The topological polar surface area (TPSA) is 200 Å². The number of alkyl carbamates (subject to hydrolysis) is 1. The molecule has 310 valence electrons. The Bertz CT molecular complexity index is 1670. The zero-order chi connectivity index (χ0) is 40.6. The number of aliphatic hydroxyl groups excluding tert-OH is 1. The number of nitrogens with zero attached hydrogens (tertiary/aromatic N) is 3. The van der Waals surface area contributed by atoms with E-state index in [1.54, 1.807) is 50.2 Å². The number of nitrogens with one attached hydrogen (secondary N) is 5. The summed E-state index contributed by atoms with van der Waals surface area (Å²) in [5, 5.41) is 23.3. The minimum atomic E-state index is -1.05. The van der Waals surface area contributed by atoms with Crippen LogP contribution in [0.5, 0.6) is 5.88 Å². The van der Waals surface area contributed by atoms with E-state index < -0.39 is 53.8 Å². The van der Waals surface area contributed by atoms with Gasteiger partial charge < -0.3 is 45.7 Å². The Labute approximate surface area is 335 Å². The third-order valence-corrected chi connectivity index (χ3v) is 10.4. The van der Waals surface area contributed by atoms with Crippen molar-refractivity contribution in [1.29, 1.82) is 0 Å². The number of ether oxygens (including phenoxy) is 2. The second-order valence-corrected chi connectivity index (χ2v) is 16.2. The van der Waals surface area contributed by atoms with Gasteiger partial charge in [0, 0.05) is 62.5 Å². The number of benzene rings is 1. The molecule has 57 heavy (non-hydrogen) atoms. The lowest BCUT2D eigenvalue weighted by molar-refractivity contribution is -0.131. The fourth-order valence-corrected chi connectivity index (χ4v) is 7.39. The Balaban J connectivity index is 1.26. The highest BCUT2D eigenvalue weighted by molar-refractivity contribution is 5.92. The van der Waals surface area contributed by atoms with Gasteiger partial charge in [-0.05, 0) is 57.6 Å². The van der Waals surface area contributed by atoms with Gasteiger partial charge in [-0.1, -0.05) is 68.5 Å². The van der Waals surface area contributed by atoms with Crippen molar-refractivity contribution in [3.63, 3.8) is 0 Å². The molecule has 1 saturated heterocycles. The Hall–Kier alpha value is -5.18. The number of hydrogen-bond donors (Lipinski definition) is 6. The summed E-state index contributed by atoms with van der Waals surface area (Å²) in [6.07, 6.45) is 11.0. The molecule has 1 saturated carbocycles. The van der Waals surface area contributed by atoms with Crippen molar-refractivity contribution in [2.24, 2.45) is 5.92 Å². The molecule has 0 spiro atoms. The summed E-state index contributed by atoms with van der Waals surface area (Å²) in [6, 6.07) is 11.5. The molecular weight excluding hydrogens is 729 g/mol. The first-order chi connectivity index (χ1) is 27.4. The molecule has 2 fully saturated rings. The molecule has 5 amide bonds. The zero-order valence-electron chi connectivity index (χ0n) is 33.5. The van der Waals surface area contributed by atoms with Gasteiger partial charge in [0.15, 0.2) is 0 Å². The summed E-state index contributed by atoms with van der Waals surface area (Å²) in [5.74, 6) is -0.175. The predicted octanol–water partition coefficient (Wildman–Crippen LogP) is 4.43. The number of urea groups is 1. The number of carbonyl (C=O) groups excluding carboxylic acids is 4. The average Bonchev–Trinajstić information content (AvgIpc) is 3.71. The molecule has 1 aromatic carbocycles. The summed E-state index contributed by atoms with van der Waals surface area (Å²) in [6.45, 7) is 6.35. The highest BCUT2D eigenvalue weighted by Crippen LogP contribution is 2.28. The monoisotopic (exact) mass is 788 g/mol. The Morgan fingerprint density at radius 3 is 2.26 bits per heavy atom. The fourth-order valence-electron chi connectivity index (χ4n) is 7.39. The SMILES string of the molecule is CC(C)(C)OC(=O)NC1CCN(C(=O)N[C@@H](Cc2ccccc2)C(=O)N[C@@H](Cc2cnc[nH]2)C(=O)N[C@@H](CC2CCCCC2)[C@@H](O)CCOc2ccccn2)CC1. The van der Waals surface area contributed by atoms with E-state index in [0.717, 1.165) is 31.2 Å². The van der Waals surface area contributed by atoms with Crippen LogP contribution in [-0.4, -0.2) is 104 Å². The first kappa shape index (κ1) is 43.0. The molecule has 1 aliphatic carbocycles. The van der Waals surface area contributed by atoms with Gasteiger partial charge in [-0.3, -0.25) is 9.59 Å². The maximum absolute atomic E-state index is 14.2. The maximum atomic E-state index is 14.2. The summed E-state index contributed by atoms with van der Waals surface area (Å²) in [4.78, 5) is 67.4. The fraction of sp³-hybridized carbons (Fsp3) is 0.571. The van der Waals surface area contributed by atoms with E-state index in [4.69, 9.17) is 9.47 Å². The highest BCUT2D eigenvalue weighted by Gasteiger charge is 2.33. The Morgan fingerprint density at radius 1 is 0.895 bits per heavy atom. The number of pyridine rings is 1. The van der Waals surface area contributed by atoms with Crippen molar-refractivity contribution in [2.75, 3.05) is 19.7 Å². The smallest absolute Gasteiger partial charge is 0.407 e. The van der Waals surface area contributed by atoms with E-state index in [9.17, 15) is 24.3 Å². The Morgan fingerprint density at radius 2 is 1.60 bits per heavy atom. The lowest BCUT2D eigenvalue weighted by Crippen LogP contribution is -2.59. The van der Waals surface area contributed by atoms with E-state index >= 15 is 0 Å². The van der Waals surface area contributed by atoms with Crippen molar-refractivity contribution >= 4 is 23.9 Å². The number of amides is 5. The van der Waals surface area contributed by atoms with Gasteiger partial charge in [-0.15, -0.1) is 0 Å². The second kappa shape index (κ2) is 21.4. The zero-order valence-corrected chi connectivity index (χ0v) is 33.5. The quantitative estimate of drug-likeness (QED) is 0.115. The van der Waals surface area contributed by atoms with Crippen LogP contribution in [0.25, 0.3) is 0 Å². The van der Waals surface area contributed by atoms with Crippen LogP contribution < -0.4 is 26.0 Å². The molecule has 0 unspecified atom stereocenters. The molecule has 5 rings (SSSR count). The van der Waals surface area contributed by atoms with Crippen molar-refractivity contribution in [1.82, 2.24) is 41.1 Å². The van der Waals surface area contributed by atoms with Crippen LogP contribution in [-0.2, 0) is 27.2 Å². The van der Waals surface area contributed by atoms with Gasteiger partial charge in [0.2, 0.25) is 17.7 Å². The second-order valence-electron chi connectivity index (χ2n) is 16.2. The molecule has 4 atom stereocenters. The van der Waals surface area contributed by atoms with E-state index in [1.807, 2.05) is 36.4 Å². The van der Waals surface area contributed by atoms with Crippen LogP contribution >= 0.6 is 0 Å².